The Hall–Kier alpha value is -0.310. The molecule has 0 saturated heterocycles. The van der Waals surface area contributed by atoms with Crippen molar-refractivity contribution in [1.82, 2.24) is 5.32 Å². The van der Waals surface area contributed by atoms with Gasteiger partial charge in [0.05, 0.1) is 5.02 Å². The van der Waals surface area contributed by atoms with Crippen LogP contribution in [0.2, 0.25) is 5.02 Å². The molecule has 0 radical (unpaired) electrons. The van der Waals surface area contributed by atoms with Crippen LogP contribution in [0.4, 0.5) is 4.39 Å². The first-order valence-electron chi connectivity index (χ1n) is 4.97. The van der Waals surface area contributed by atoms with Gasteiger partial charge in [-0.1, -0.05) is 23.7 Å². The molecule has 0 amide bonds. The highest BCUT2D eigenvalue weighted by molar-refractivity contribution is 6.31. The van der Waals surface area contributed by atoms with Crippen molar-refractivity contribution in [1.29, 1.82) is 0 Å². The maximum absolute atomic E-state index is 13.1. The topological polar surface area (TPSA) is 12.0 Å². The lowest BCUT2D eigenvalue weighted by Gasteiger charge is -2.31. The van der Waals surface area contributed by atoms with E-state index in [1.54, 1.807) is 6.07 Å². The van der Waals surface area contributed by atoms with Gasteiger partial charge in [-0.15, -0.1) is 11.6 Å². The number of hydrogen-bond donors (Lipinski definition) is 1. The Labute approximate surface area is 98.6 Å². The van der Waals surface area contributed by atoms with Crippen LogP contribution >= 0.6 is 23.2 Å². The van der Waals surface area contributed by atoms with Crippen molar-refractivity contribution in [2.45, 2.75) is 30.8 Å². The van der Waals surface area contributed by atoms with Crippen LogP contribution in [0.1, 0.15) is 18.4 Å². The second-order valence-electron chi connectivity index (χ2n) is 3.86. The highest BCUT2D eigenvalue weighted by atomic mass is 35.5. The minimum Gasteiger partial charge on any atom is -0.310 e. The first-order chi connectivity index (χ1) is 7.16. The monoisotopic (exact) mass is 247 g/mol. The fourth-order valence-corrected chi connectivity index (χ4v) is 2.28. The van der Waals surface area contributed by atoms with E-state index in [1.165, 1.54) is 6.07 Å². The average Bonchev–Trinajstić information content (AvgIpc) is 2.17. The van der Waals surface area contributed by atoms with Gasteiger partial charge in [-0.25, -0.2) is 4.39 Å². The summed E-state index contributed by atoms with van der Waals surface area (Å²) in [6.45, 7) is 0.602. The maximum atomic E-state index is 13.1. The summed E-state index contributed by atoms with van der Waals surface area (Å²) in [5.41, 5.74) is 0.801. The van der Waals surface area contributed by atoms with Gasteiger partial charge >= 0.3 is 0 Å². The van der Waals surface area contributed by atoms with Gasteiger partial charge in [-0.05, 0) is 24.5 Å². The Morgan fingerprint density at radius 2 is 2.13 bits per heavy atom. The molecule has 1 saturated carbocycles. The Bertz CT molecular complexity index is 350. The van der Waals surface area contributed by atoms with Crippen LogP contribution in [0.15, 0.2) is 18.2 Å². The third-order valence-corrected chi connectivity index (χ3v) is 3.47. The summed E-state index contributed by atoms with van der Waals surface area (Å²) in [4.78, 5) is 0. The van der Waals surface area contributed by atoms with E-state index >= 15 is 0 Å². The van der Waals surface area contributed by atoms with E-state index in [9.17, 15) is 4.39 Å². The zero-order valence-electron chi connectivity index (χ0n) is 8.14. The highest BCUT2D eigenvalue weighted by Gasteiger charge is 2.26. The lowest BCUT2D eigenvalue weighted by Crippen LogP contribution is -2.41. The quantitative estimate of drug-likeness (QED) is 0.809. The van der Waals surface area contributed by atoms with Gasteiger partial charge in [0.25, 0.3) is 0 Å². The average molecular weight is 248 g/mol. The van der Waals surface area contributed by atoms with E-state index in [1.807, 2.05) is 6.07 Å². The summed E-state index contributed by atoms with van der Waals surface area (Å²) in [5.74, 6) is -0.361. The van der Waals surface area contributed by atoms with E-state index in [0.29, 0.717) is 18.0 Å². The first kappa shape index (κ1) is 11.2. The van der Waals surface area contributed by atoms with Gasteiger partial charge in [-0.2, -0.15) is 0 Å². The van der Waals surface area contributed by atoms with Gasteiger partial charge in [-0.3, -0.25) is 0 Å². The number of alkyl halides is 1. The molecule has 0 aromatic heterocycles. The summed E-state index contributed by atoms with van der Waals surface area (Å²) in [5, 5.41) is 3.81. The van der Waals surface area contributed by atoms with Gasteiger partial charge in [0.2, 0.25) is 0 Å². The van der Waals surface area contributed by atoms with Crippen molar-refractivity contribution in [3.05, 3.63) is 34.6 Å². The van der Waals surface area contributed by atoms with Gasteiger partial charge < -0.3 is 5.32 Å². The lowest BCUT2D eigenvalue weighted by molar-refractivity contribution is 0.345. The number of nitrogens with one attached hydrogen (secondary N) is 1. The van der Waals surface area contributed by atoms with Crippen LogP contribution in [0, 0.1) is 5.82 Å². The molecule has 1 aliphatic carbocycles. The number of hydrogen-bond acceptors (Lipinski definition) is 1. The van der Waals surface area contributed by atoms with Crippen molar-refractivity contribution in [2.24, 2.45) is 0 Å². The lowest BCUT2D eigenvalue weighted by atomic mass is 9.92. The summed E-state index contributed by atoms with van der Waals surface area (Å²) >= 11 is 11.7. The molecule has 0 heterocycles. The Kier molecular flexibility index (Phi) is 3.49. The minimum absolute atomic E-state index is 0.215. The number of rotatable bonds is 3. The van der Waals surface area contributed by atoms with E-state index in [-0.39, 0.29) is 10.8 Å². The molecule has 0 atom stereocenters. The van der Waals surface area contributed by atoms with E-state index in [0.717, 1.165) is 18.4 Å². The Morgan fingerprint density at radius 1 is 1.40 bits per heavy atom. The summed E-state index contributed by atoms with van der Waals surface area (Å²) < 4.78 is 13.1. The SMILES string of the molecule is Fc1cccc(CNC2CC(Cl)C2)c1Cl. The van der Waals surface area contributed by atoms with Gasteiger partial charge in [0.1, 0.15) is 5.82 Å². The van der Waals surface area contributed by atoms with Crippen LogP contribution in [0.5, 0.6) is 0 Å². The Balaban J connectivity index is 1.91. The molecule has 1 nitrogen and oxygen atoms in total. The van der Waals surface area contributed by atoms with Crippen molar-refractivity contribution in [2.75, 3.05) is 0 Å². The largest absolute Gasteiger partial charge is 0.310 e. The highest BCUT2D eigenvalue weighted by Crippen LogP contribution is 2.26. The molecule has 82 valence electrons. The van der Waals surface area contributed by atoms with E-state index in [4.69, 9.17) is 23.2 Å². The van der Waals surface area contributed by atoms with Crippen LogP contribution in [0.3, 0.4) is 0 Å². The second kappa shape index (κ2) is 4.69. The van der Waals surface area contributed by atoms with Crippen molar-refractivity contribution >= 4 is 23.2 Å². The van der Waals surface area contributed by atoms with Crippen LogP contribution in [-0.4, -0.2) is 11.4 Å². The fraction of sp³-hybridized carbons (Fsp3) is 0.455. The Morgan fingerprint density at radius 3 is 2.80 bits per heavy atom. The molecular formula is C11H12Cl2FN. The molecule has 1 aromatic rings. The van der Waals surface area contributed by atoms with Crippen molar-refractivity contribution < 1.29 is 4.39 Å². The third kappa shape index (κ3) is 2.63. The second-order valence-corrected chi connectivity index (χ2v) is 4.85. The summed E-state index contributed by atoms with van der Waals surface area (Å²) in [6, 6.07) is 5.31. The minimum atomic E-state index is -0.361. The molecule has 0 bridgehead atoms. The van der Waals surface area contributed by atoms with Crippen LogP contribution in [-0.2, 0) is 6.54 Å². The standard InChI is InChI=1S/C11H12Cl2FN/c12-8-4-9(5-8)15-6-7-2-1-3-10(14)11(7)13/h1-3,8-9,15H,4-6H2. The molecule has 0 aliphatic heterocycles. The molecule has 4 heteroatoms. The van der Waals surface area contributed by atoms with Crippen molar-refractivity contribution in [3.8, 4) is 0 Å². The molecular weight excluding hydrogens is 236 g/mol. The zero-order valence-corrected chi connectivity index (χ0v) is 9.65. The molecule has 0 spiro atoms. The molecule has 0 unspecified atom stereocenters. The molecule has 1 aromatic carbocycles. The molecule has 15 heavy (non-hydrogen) atoms. The van der Waals surface area contributed by atoms with E-state index in [2.05, 4.69) is 5.32 Å². The summed E-state index contributed by atoms with van der Waals surface area (Å²) in [7, 11) is 0. The smallest absolute Gasteiger partial charge is 0.142 e. The van der Waals surface area contributed by atoms with E-state index < -0.39 is 0 Å². The molecule has 1 aliphatic rings. The van der Waals surface area contributed by atoms with Crippen LogP contribution in [0.25, 0.3) is 0 Å². The van der Waals surface area contributed by atoms with Gasteiger partial charge in [0.15, 0.2) is 0 Å². The molecule has 2 rings (SSSR count). The van der Waals surface area contributed by atoms with Crippen molar-refractivity contribution in [3.63, 3.8) is 0 Å². The zero-order chi connectivity index (χ0) is 10.8. The summed E-state index contributed by atoms with van der Waals surface area (Å²) in [6.07, 6.45) is 1.96. The number of benzene rings is 1. The number of halogens is 3. The predicted molar refractivity (Wildman–Crippen MR) is 60.9 cm³/mol. The normalized spacial score (nSPS) is 25.0. The predicted octanol–water partition coefficient (Wildman–Crippen LogP) is 3.34. The molecule has 1 N–H and O–H groups in total. The van der Waals surface area contributed by atoms with Gasteiger partial charge in [0, 0.05) is 18.0 Å². The first-order valence-corrected chi connectivity index (χ1v) is 5.78. The molecule has 1 fully saturated rings. The fourth-order valence-electron chi connectivity index (χ4n) is 1.65. The third-order valence-electron chi connectivity index (χ3n) is 2.69. The van der Waals surface area contributed by atoms with Crippen LogP contribution < -0.4 is 5.32 Å². The maximum Gasteiger partial charge on any atom is 0.142 e.